The van der Waals surface area contributed by atoms with Gasteiger partial charge in [0.15, 0.2) is 0 Å². The number of aromatic nitrogens is 1. The molecule has 0 aliphatic carbocycles. The van der Waals surface area contributed by atoms with Crippen LogP contribution >= 0.6 is 0 Å². The number of hydrogen-bond donors (Lipinski definition) is 2. The fraction of sp³-hybridized carbons (Fsp3) is 0.450. The summed E-state index contributed by atoms with van der Waals surface area (Å²) >= 11 is 0. The van der Waals surface area contributed by atoms with Crippen molar-refractivity contribution in [2.75, 3.05) is 13.1 Å². The van der Waals surface area contributed by atoms with E-state index in [1.54, 1.807) is 12.4 Å². The van der Waals surface area contributed by atoms with Crippen molar-refractivity contribution in [3.05, 3.63) is 53.2 Å². The van der Waals surface area contributed by atoms with Gasteiger partial charge in [0.05, 0.1) is 18.4 Å². The molecule has 0 spiro atoms. The van der Waals surface area contributed by atoms with Crippen molar-refractivity contribution in [2.45, 2.75) is 33.4 Å². The van der Waals surface area contributed by atoms with Gasteiger partial charge in [0.2, 0.25) is 5.91 Å². The van der Waals surface area contributed by atoms with E-state index in [4.69, 9.17) is 4.42 Å². The fourth-order valence-corrected chi connectivity index (χ4v) is 3.47. The molecule has 0 saturated carbocycles. The molecule has 7 nitrogen and oxygen atoms in total. The summed E-state index contributed by atoms with van der Waals surface area (Å²) < 4.78 is 5.72. The van der Waals surface area contributed by atoms with Crippen molar-refractivity contribution in [1.82, 2.24) is 15.2 Å². The molecule has 2 aromatic heterocycles. The van der Waals surface area contributed by atoms with Gasteiger partial charge in [-0.15, -0.1) is 0 Å². The van der Waals surface area contributed by atoms with E-state index in [9.17, 15) is 14.7 Å². The number of carbonyl (C=O) groups excluding carboxylic acids is 1. The first-order valence-corrected chi connectivity index (χ1v) is 9.10. The highest BCUT2D eigenvalue weighted by atomic mass is 16.4. The van der Waals surface area contributed by atoms with Gasteiger partial charge in [-0.25, -0.2) is 0 Å². The molecule has 1 saturated heterocycles. The lowest BCUT2D eigenvalue weighted by Crippen LogP contribution is -2.47. The largest absolute Gasteiger partial charge is 0.481 e. The van der Waals surface area contributed by atoms with Crippen molar-refractivity contribution in [2.24, 2.45) is 11.8 Å². The zero-order valence-corrected chi connectivity index (χ0v) is 15.6. The minimum absolute atomic E-state index is 0.116. The Labute approximate surface area is 158 Å². The number of rotatable bonds is 6. The number of likely N-dealkylation sites (tertiary alicyclic amines) is 1. The topological polar surface area (TPSA) is 95.7 Å². The van der Waals surface area contributed by atoms with Crippen molar-refractivity contribution in [3.8, 4) is 0 Å². The number of pyridine rings is 1. The van der Waals surface area contributed by atoms with Crippen molar-refractivity contribution < 1.29 is 19.1 Å². The summed E-state index contributed by atoms with van der Waals surface area (Å²) in [6.45, 7) is 5.74. The first-order chi connectivity index (χ1) is 12.9. The average Bonchev–Trinajstić information content (AvgIpc) is 2.97. The summed E-state index contributed by atoms with van der Waals surface area (Å²) in [5.41, 5.74) is 2.03. The molecule has 0 bridgehead atoms. The van der Waals surface area contributed by atoms with E-state index in [0.717, 1.165) is 22.6 Å². The quantitative estimate of drug-likeness (QED) is 0.808. The molecule has 2 aromatic rings. The third kappa shape index (κ3) is 4.95. The van der Waals surface area contributed by atoms with Crippen LogP contribution in [0.3, 0.4) is 0 Å². The van der Waals surface area contributed by atoms with Gasteiger partial charge in [-0.1, -0.05) is 0 Å². The predicted molar refractivity (Wildman–Crippen MR) is 98.8 cm³/mol. The summed E-state index contributed by atoms with van der Waals surface area (Å²) in [6, 6.07) is 5.66. The van der Waals surface area contributed by atoms with Crippen LogP contribution in [0.5, 0.6) is 0 Å². The van der Waals surface area contributed by atoms with Crippen LogP contribution in [0.4, 0.5) is 0 Å². The summed E-state index contributed by atoms with van der Waals surface area (Å²) in [4.78, 5) is 30.1. The van der Waals surface area contributed by atoms with Gasteiger partial charge in [0, 0.05) is 32.0 Å². The lowest BCUT2D eigenvalue weighted by molar-refractivity contribution is -0.145. The van der Waals surface area contributed by atoms with E-state index in [1.807, 2.05) is 36.9 Å². The average molecular weight is 371 g/mol. The predicted octanol–water partition coefficient (Wildman–Crippen LogP) is 2.13. The first kappa shape index (κ1) is 19.1. The maximum Gasteiger partial charge on any atom is 0.307 e. The van der Waals surface area contributed by atoms with Crippen LogP contribution < -0.4 is 5.32 Å². The number of carboxylic acid groups (broad SMARTS) is 1. The molecule has 7 heteroatoms. The zero-order valence-electron chi connectivity index (χ0n) is 15.6. The first-order valence-electron chi connectivity index (χ1n) is 9.10. The molecule has 0 unspecified atom stereocenters. The Hall–Kier alpha value is -2.67. The zero-order chi connectivity index (χ0) is 19.4. The number of piperidine rings is 1. The number of carbonyl (C=O) groups is 2. The van der Waals surface area contributed by atoms with Crippen LogP contribution in [-0.2, 0) is 22.7 Å². The van der Waals surface area contributed by atoms with Gasteiger partial charge in [0.25, 0.3) is 0 Å². The second kappa shape index (κ2) is 8.35. The summed E-state index contributed by atoms with van der Waals surface area (Å²) in [5, 5.41) is 12.4. The number of nitrogens with zero attached hydrogens (tertiary/aromatic N) is 2. The molecule has 2 N–H and O–H groups in total. The Morgan fingerprint density at radius 1 is 1.26 bits per heavy atom. The van der Waals surface area contributed by atoms with Gasteiger partial charge in [-0.05, 0) is 49.6 Å². The molecule has 0 aromatic carbocycles. The minimum atomic E-state index is -0.863. The Kier molecular flexibility index (Phi) is 5.91. The molecular formula is C20H25N3O4. The maximum absolute atomic E-state index is 12.6. The van der Waals surface area contributed by atoms with Gasteiger partial charge in [-0.2, -0.15) is 0 Å². The van der Waals surface area contributed by atoms with E-state index in [0.29, 0.717) is 32.6 Å². The minimum Gasteiger partial charge on any atom is -0.481 e. The van der Waals surface area contributed by atoms with Crippen LogP contribution in [-0.4, -0.2) is 40.0 Å². The lowest BCUT2D eigenvalue weighted by atomic mass is 9.88. The van der Waals surface area contributed by atoms with Crippen molar-refractivity contribution in [3.63, 3.8) is 0 Å². The molecule has 1 fully saturated rings. The van der Waals surface area contributed by atoms with E-state index >= 15 is 0 Å². The third-order valence-corrected chi connectivity index (χ3v) is 5.06. The fourth-order valence-electron chi connectivity index (χ4n) is 3.47. The Morgan fingerprint density at radius 3 is 2.59 bits per heavy atom. The third-order valence-electron chi connectivity index (χ3n) is 5.06. The van der Waals surface area contributed by atoms with Crippen LogP contribution in [0.2, 0.25) is 0 Å². The van der Waals surface area contributed by atoms with E-state index in [1.165, 1.54) is 0 Å². The number of nitrogens with one attached hydrogen (secondary N) is 1. The molecule has 1 aliphatic rings. The number of amides is 1. The highest BCUT2D eigenvalue weighted by molar-refractivity contribution is 5.80. The molecule has 27 heavy (non-hydrogen) atoms. The van der Waals surface area contributed by atoms with Crippen LogP contribution in [0, 0.1) is 25.7 Å². The van der Waals surface area contributed by atoms with Gasteiger partial charge in [-0.3, -0.25) is 19.5 Å². The SMILES string of the molecule is Cc1cc(CN2C[C@@H](C(=O)O)C[C@@H](C(=O)NCc3ccncc3)C2)oc1C. The van der Waals surface area contributed by atoms with E-state index in [2.05, 4.69) is 10.3 Å². The molecule has 144 valence electrons. The monoisotopic (exact) mass is 371 g/mol. The summed E-state index contributed by atoms with van der Waals surface area (Å²) in [5.74, 6) is -0.241. The van der Waals surface area contributed by atoms with E-state index in [-0.39, 0.29) is 11.8 Å². The highest BCUT2D eigenvalue weighted by Gasteiger charge is 2.35. The molecule has 3 rings (SSSR count). The number of furan rings is 1. The molecule has 2 atom stereocenters. The van der Waals surface area contributed by atoms with Crippen molar-refractivity contribution in [1.29, 1.82) is 0 Å². The second-order valence-electron chi connectivity index (χ2n) is 7.19. The number of aliphatic carboxylic acids is 1. The van der Waals surface area contributed by atoms with Crippen molar-refractivity contribution >= 4 is 11.9 Å². The number of carboxylic acids is 1. The summed E-state index contributed by atoms with van der Waals surface area (Å²) in [7, 11) is 0. The molecular weight excluding hydrogens is 346 g/mol. The van der Waals surface area contributed by atoms with Crippen LogP contribution in [0.1, 0.15) is 29.1 Å². The molecule has 1 amide bonds. The molecule has 0 radical (unpaired) electrons. The molecule has 3 heterocycles. The molecule has 1 aliphatic heterocycles. The highest BCUT2D eigenvalue weighted by Crippen LogP contribution is 2.25. The summed E-state index contributed by atoms with van der Waals surface area (Å²) in [6.07, 6.45) is 3.71. The van der Waals surface area contributed by atoms with Crippen LogP contribution in [0.15, 0.2) is 35.0 Å². The number of aryl methyl sites for hydroxylation is 2. The van der Waals surface area contributed by atoms with Crippen LogP contribution in [0.25, 0.3) is 0 Å². The Bertz CT molecular complexity index is 783. The normalized spacial score (nSPS) is 20.4. The van der Waals surface area contributed by atoms with E-state index < -0.39 is 11.9 Å². The smallest absolute Gasteiger partial charge is 0.307 e. The maximum atomic E-state index is 12.6. The number of hydrogen-bond acceptors (Lipinski definition) is 5. The second-order valence-corrected chi connectivity index (χ2v) is 7.19. The standard InChI is InChI=1S/C20H25N3O4/c1-13-7-18(27-14(13)2)12-23-10-16(8-17(11-23)20(25)26)19(24)22-9-15-3-5-21-6-4-15/h3-7,16-17H,8-12H2,1-2H3,(H,22,24)(H,25,26)/t16-,17+/m1/s1. The van der Waals surface area contributed by atoms with Gasteiger partial charge in [0.1, 0.15) is 11.5 Å². The lowest BCUT2D eigenvalue weighted by Gasteiger charge is -2.35. The Balaban J connectivity index is 1.64. The Morgan fingerprint density at radius 2 is 1.96 bits per heavy atom. The van der Waals surface area contributed by atoms with Gasteiger partial charge >= 0.3 is 5.97 Å². The van der Waals surface area contributed by atoms with Gasteiger partial charge < -0.3 is 14.8 Å².